The Morgan fingerprint density at radius 1 is 1.09 bits per heavy atom. The lowest BCUT2D eigenvalue weighted by molar-refractivity contribution is 0.308. The number of hydrazone groups is 1. The molecule has 2 aromatic heterocycles. The number of anilines is 2. The van der Waals surface area contributed by atoms with Gasteiger partial charge >= 0.3 is 0 Å². The molecule has 3 aromatic rings. The second kappa shape index (κ2) is 5.03. The van der Waals surface area contributed by atoms with E-state index in [1.165, 1.54) is 0 Å². The summed E-state index contributed by atoms with van der Waals surface area (Å²) in [5.74, 6) is 1.07. The van der Waals surface area contributed by atoms with E-state index in [-0.39, 0.29) is 11.9 Å². The van der Waals surface area contributed by atoms with Crippen LogP contribution in [0.1, 0.15) is 23.9 Å². The molecule has 1 unspecified atom stereocenters. The molecule has 4 rings (SSSR count). The fourth-order valence-electron chi connectivity index (χ4n) is 2.57. The van der Waals surface area contributed by atoms with Gasteiger partial charge in [-0.15, -0.1) is 0 Å². The standard InChI is InChI=1S/C15H13N5O2/c16-15-14(18-22-19-15)11-9-12(13-7-4-8-21-13)20(17-11)10-5-2-1-3-6-10/h1-8,12H,9H2,(H2,16,19). The van der Waals surface area contributed by atoms with E-state index in [9.17, 15) is 0 Å². The molecule has 0 spiro atoms. The average molecular weight is 295 g/mol. The average Bonchev–Trinajstić information content (AvgIpc) is 3.27. The van der Waals surface area contributed by atoms with E-state index in [1.54, 1.807) is 6.26 Å². The molecule has 110 valence electrons. The fraction of sp³-hybridized carbons (Fsp3) is 0.133. The minimum absolute atomic E-state index is 0.0523. The van der Waals surface area contributed by atoms with Gasteiger partial charge < -0.3 is 10.2 Å². The third-order valence-corrected chi connectivity index (χ3v) is 3.59. The van der Waals surface area contributed by atoms with Gasteiger partial charge in [-0.1, -0.05) is 18.2 Å². The summed E-state index contributed by atoms with van der Waals surface area (Å²) in [4.78, 5) is 0. The summed E-state index contributed by atoms with van der Waals surface area (Å²) in [6.45, 7) is 0. The molecule has 7 nitrogen and oxygen atoms in total. The Labute approximate surface area is 126 Å². The topological polar surface area (TPSA) is 93.7 Å². The van der Waals surface area contributed by atoms with Crippen LogP contribution in [0.15, 0.2) is 62.9 Å². The first-order valence-corrected chi connectivity index (χ1v) is 6.86. The van der Waals surface area contributed by atoms with Crippen molar-refractivity contribution in [1.82, 2.24) is 10.3 Å². The number of aromatic nitrogens is 2. The highest BCUT2D eigenvalue weighted by Crippen LogP contribution is 2.36. The third kappa shape index (κ3) is 2.03. The fourth-order valence-corrected chi connectivity index (χ4v) is 2.57. The van der Waals surface area contributed by atoms with E-state index >= 15 is 0 Å². The Morgan fingerprint density at radius 2 is 1.95 bits per heavy atom. The number of hydrogen-bond donors (Lipinski definition) is 1. The summed E-state index contributed by atoms with van der Waals surface area (Å²) in [5.41, 5.74) is 7.95. The molecule has 1 aliphatic rings. The monoisotopic (exact) mass is 295 g/mol. The summed E-state index contributed by atoms with van der Waals surface area (Å²) in [6, 6.07) is 13.6. The lowest BCUT2D eigenvalue weighted by atomic mass is 10.1. The first kappa shape index (κ1) is 12.6. The number of para-hydroxylation sites is 1. The zero-order chi connectivity index (χ0) is 14.9. The van der Waals surface area contributed by atoms with E-state index in [0.717, 1.165) is 17.2 Å². The maximum absolute atomic E-state index is 5.78. The van der Waals surface area contributed by atoms with Crippen molar-refractivity contribution in [2.45, 2.75) is 12.5 Å². The lowest BCUT2D eigenvalue weighted by Crippen LogP contribution is -2.17. The van der Waals surface area contributed by atoms with Crippen molar-refractivity contribution in [3.05, 3.63) is 60.2 Å². The summed E-state index contributed by atoms with van der Waals surface area (Å²) in [6.07, 6.45) is 2.27. The molecular formula is C15H13N5O2. The number of hydrogen-bond acceptors (Lipinski definition) is 7. The highest BCUT2D eigenvalue weighted by molar-refractivity contribution is 6.04. The molecule has 0 aliphatic carbocycles. The van der Waals surface area contributed by atoms with Crippen LogP contribution in [0.4, 0.5) is 11.5 Å². The quantitative estimate of drug-likeness (QED) is 0.798. The SMILES string of the molecule is Nc1nonc1C1=NN(c2ccccc2)C(c2ccco2)C1. The van der Waals surface area contributed by atoms with Crippen molar-refractivity contribution < 1.29 is 9.05 Å². The Kier molecular flexibility index (Phi) is 2.89. The van der Waals surface area contributed by atoms with Gasteiger partial charge in [0, 0.05) is 6.42 Å². The van der Waals surface area contributed by atoms with Crippen LogP contribution in [0.25, 0.3) is 0 Å². The van der Waals surface area contributed by atoms with Crippen LogP contribution >= 0.6 is 0 Å². The van der Waals surface area contributed by atoms with Crippen molar-refractivity contribution in [1.29, 1.82) is 0 Å². The Hall–Kier alpha value is -3.09. The largest absolute Gasteiger partial charge is 0.467 e. The molecular weight excluding hydrogens is 282 g/mol. The van der Waals surface area contributed by atoms with Crippen LogP contribution < -0.4 is 10.7 Å². The first-order valence-electron chi connectivity index (χ1n) is 6.86. The van der Waals surface area contributed by atoms with Gasteiger partial charge in [0.2, 0.25) is 0 Å². The predicted molar refractivity (Wildman–Crippen MR) is 80.2 cm³/mol. The zero-order valence-electron chi connectivity index (χ0n) is 11.6. The van der Waals surface area contributed by atoms with Crippen LogP contribution in [-0.4, -0.2) is 16.0 Å². The molecule has 0 radical (unpaired) electrons. The number of furan rings is 1. The van der Waals surface area contributed by atoms with Crippen molar-refractivity contribution >= 4 is 17.2 Å². The van der Waals surface area contributed by atoms with Crippen LogP contribution in [0.2, 0.25) is 0 Å². The van der Waals surface area contributed by atoms with Crippen LogP contribution in [0.5, 0.6) is 0 Å². The summed E-state index contributed by atoms with van der Waals surface area (Å²) in [5, 5.41) is 14.0. The predicted octanol–water partition coefficient (Wildman–Crippen LogP) is 2.60. The number of benzene rings is 1. The molecule has 0 fully saturated rings. The van der Waals surface area contributed by atoms with Crippen molar-refractivity contribution in [2.75, 3.05) is 10.7 Å². The second-order valence-corrected chi connectivity index (χ2v) is 4.96. The number of nitrogens with two attached hydrogens (primary N) is 1. The molecule has 0 saturated heterocycles. The molecule has 22 heavy (non-hydrogen) atoms. The first-order chi connectivity index (χ1) is 10.8. The van der Waals surface area contributed by atoms with Crippen LogP contribution in [0, 0.1) is 0 Å². The Bertz CT molecular complexity index is 794. The minimum Gasteiger partial charge on any atom is -0.467 e. The molecule has 0 bridgehead atoms. The van der Waals surface area contributed by atoms with Gasteiger partial charge in [-0.25, -0.2) is 4.63 Å². The van der Waals surface area contributed by atoms with Gasteiger partial charge in [-0.3, -0.25) is 5.01 Å². The van der Waals surface area contributed by atoms with E-state index in [4.69, 9.17) is 10.2 Å². The second-order valence-electron chi connectivity index (χ2n) is 4.96. The van der Waals surface area contributed by atoms with Gasteiger partial charge in [0.05, 0.1) is 17.7 Å². The molecule has 2 N–H and O–H groups in total. The molecule has 1 aliphatic heterocycles. The minimum atomic E-state index is -0.0523. The van der Waals surface area contributed by atoms with Gasteiger partial charge in [-0.05, 0) is 34.6 Å². The number of rotatable bonds is 3. The number of nitrogen functional groups attached to an aromatic ring is 1. The highest BCUT2D eigenvalue weighted by atomic mass is 16.6. The molecule has 3 heterocycles. The van der Waals surface area contributed by atoms with E-state index in [0.29, 0.717) is 12.1 Å². The van der Waals surface area contributed by atoms with E-state index < -0.39 is 0 Å². The van der Waals surface area contributed by atoms with Crippen LogP contribution in [0.3, 0.4) is 0 Å². The third-order valence-electron chi connectivity index (χ3n) is 3.59. The molecule has 1 atom stereocenters. The summed E-state index contributed by atoms with van der Waals surface area (Å²) in [7, 11) is 0. The smallest absolute Gasteiger partial charge is 0.197 e. The van der Waals surface area contributed by atoms with Crippen molar-refractivity contribution in [3.8, 4) is 0 Å². The van der Waals surface area contributed by atoms with E-state index in [2.05, 4.69) is 20.0 Å². The molecule has 1 aromatic carbocycles. The Morgan fingerprint density at radius 3 is 2.64 bits per heavy atom. The number of nitrogens with zero attached hydrogens (tertiary/aromatic N) is 4. The maximum Gasteiger partial charge on any atom is 0.197 e. The van der Waals surface area contributed by atoms with Gasteiger partial charge in [0.25, 0.3) is 0 Å². The van der Waals surface area contributed by atoms with Crippen molar-refractivity contribution in [2.24, 2.45) is 5.10 Å². The normalized spacial score (nSPS) is 17.7. The van der Waals surface area contributed by atoms with E-state index in [1.807, 2.05) is 47.5 Å². The molecule has 0 amide bonds. The lowest BCUT2D eigenvalue weighted by Gasteiger charge is -2.21. The molecule has 0 saturated carbocycles. The molecule has 7 heteroatoms. The Balaban J connectivity index is 1.76. The van der Waals surface area contributed by atoms with Crippen LogP contribution in [-0.2, 0) is 0 Å². The van der Waals surface area contributed by atoms with Gasteiger partial charge in [0.1, 0.15) is 11.8 Å². The zero-order valence-corrected chi connectivity index (χ0v) is 11.6. The highest BCUT2D eigenvalue weighted by Gasteiger charge is 2.33. The summed E-state index contributed by atoms with van der Waals surface area (Å²) >= 11 is 0. The summed E-state index contributed by atoms with van der Waals surface area (Å²) < 4.78 is 10.2. The maximum atomic E-state index is 5.78. The van der Waals surface area contributed by atoms with Crippen molar-refractivity contribution in [3.63, 3.8) is 0 Å². The van der Waals surface area contributed by atoms with Gasteiger partial charge in [0.15, 0.2) is 11.5 Å². The van der Waals surface area contributed by atoms with Gasteiger partial charge in [-0.2, -0.15) is 5.10 Å².